The van der Waals surface area contributed by atoms with E-state index in [1.54, 1.807) is 24.3 Å². The maximum Gasteiger partial charge on any atom is 0.449 e. The average molecular weight is 426 g/mol. The number of aromatic nitrogens is 6. The third kappa shape index (κ3) is 3.35. The van der Waals surface area contributed by atoms with E-state index in [0.29, 0.717) is 21.3 Å². The summed E-state index contributed by atoms with van der Waals surface area (Å²) in [7, 11) is 0. The van der Waals surface area contributed by atoms with Crippen molar-refractivity contribution in [1.82, 2.24) is 29.4 Å². The molecule has 2 aromatic carbocycles. The Morgan fingerprint density at radius 2 is 1.70 bits per heavy atom. The summed E-state index contributed by atoms with van der Waals surface area (Å²) in [5.74, 6) is -0.672. The van der Waals surface area contributed by atoms with Gasteiger partial charge in [0.1, 0.15) is 5.01 Å². The van der Waals surface area contributed by atoms with Crippen molar-refractivity contribution in [3.8, 4) is 0 Å². The summed E-state index contributed by atoms with van der Waals surface area (Å²) in [4.78, 5) is 4.27. The molecule has 0 saturated carbocycles. The fourth-order valence-electron chi connectivity index (χ4n) is 3.16. The van der Waals surface area contributed by atoms with E-state index in [4.69, 9.17) is 0 Å². The lowest BCUT2D eigenvalue weighted by Crippen LogP contribution is -2.17. The van der Waals surface area contributed by atoms with Crippen LogP contribution in [0.15, 0.2) is 54.6 Å². The summed E-state index contributed by atoms with van der Waals surface area (Å²) in [6, 6.07) is 16.2. The molecular weight excluding hydrogens is 413 g/mol. The number of nitrogens with zero attached hydrogens (tertiary/aromatic N) is 6. The maximum absolute atomic E-state index is 13.5. The SMILES string of the molecule is FC(F)(F)c1nc2ccccc2n1Cc1nnc2sc(C=Cc3ccccc3)nn12. The molecule has 0 aliphatic rings. The molecule has 150 valence electrons. The third-order valence-corrected chi connectivity index (χ3v) is 5.36. The summed E-state index contributed by atoms with van der Waals surface area (Å²) in [6.45, 7) is -0.151. The van der Waals surface area contributed by atoms with Gasteiger partial charge in [-0.1, -0.05) is 59.9 Å². The van der Waals surface area contributed by atoms with Crippen molar-refractivity contribution < 1.29 is 13.2 Å². The van der Waals surface area contributed by atoms with Gasteiger partial charge in [-0.2, -0.15) is 22.8 Å². The van der Waals surface area contributed by atoms with Crippen LogP contribution in [0.2, 0.25) is 0 Å². The van der Waals surface area contributed by atoms with Crippen LogP contribution in [0.3, 0.4) is 0 Å². The highest BCUT2D eigenvalue weighted by Crippen LogP contribution is 2.32. The van der Waals surface area contributed by atoms with Crippen LogP contribution in [0.4, 0.5) is 13.2 Å². The normalized spacial score (nSPS) is 12.5. The van der Waals surface area contributed by atoms with Gasteiger partial charge in [-0.05, 0) is 23.8 Å². The Labute approximate surface area is 171 Å². The molecule has 0 aliphatic carbocycles. The molecule has 5 aromatic rings. The summed E-state index contributed by atoms with van der Waals surface area (Å²) >= 11 is 1.31. The zero-order chi connectivity index (χ0) is 20.7. The predicted molar refractivity (Wildman–Crippen MR) is 108 cm³/mol. The van der Waals surface area contributed by atoms with Gasteiger partial charge >= 0.3 is 6.18 Å². The Morgan fingerprint density at radius 1 is 0.933 bits per heavy atom. The van der Waals surface area contributed by atoms with Crippen molar-refractivity contribution in [2.45, 2.75) is 12.7 Å². The number of benzene rings is 2. The fraction of sp³-hybridized carbons (Fsp3) is 0.100. The molecule has 6 nitrogen and oxygen atoms in total. The van der Waals surface area contributed by atoms with E-state index in [1.807, 2.05) is 42.5 Å². The Bertz CT molecular complexity index is 1360. The topological polar surface area (TPSA) is 60.9 Å². The number of para-hydroxylation sites is 2. The highest BCUT2D eigenvalue weighted by molar-refractivity contribution is 7.17. The third-order valence-electron chi connectivity index (χ3n) is 4.50. The second kappa shape index (κ2) is 7.06. The lowest BCUT2D eigenvalue weighted by Gasteiger charge is -2.09. The first-order valence-electron chi connectivity index (χ1n) is 8.96. The van der Waals surface area contributed by atoms with Crippen molar-refractivity contribution in [2.75, 3.05) is 0 Å². The molecule has 3 heterocycles. The molecule has 10 heteroatoms. The minimum Gasteiger partial charge on any atom is -0.313 e. The Morgan fingerprint density at radius 3 is 2.50 bits per heavy atom. The van der Waals surface area contributed by atoms with Gasteiger partial charge < -0.3 is 4.57 Å². The number of hydrogen-bond acceptors (Lipinski definition) is 5. The van der Waals surface area contributed by atoms with Crippen LogP contribution in [0.1, 0.15) is 22.2 Å². The van der Waals surface area contributed by atoms with Crippen LogP contribution in [0.5, 0.6) is 0 Å². The van der Waals surface area contributed by atoms with E-state index >= 15 is 0 Å². The highest BCUT2D eigenvalue weighted by Gasteiger charge is 2.38. The van der Waals surface area contributed by atoms with Gasteiger partial charge in [0.2, 0.25) is 10.8 Å². The second-order valence-electron chi connectivity index (χ2n) is 6.50. The Hall–Kier alpha value is -3.53. The molecule has 0 amide bonds. The van der Waals surface area contributed by atoms with Crippen molar-refractivity contribution in [3.63, 3.8) is 0 Å². The van der Waals surface area contributed by atoms with Gasteiger partial charge in [0.05, 0.1) is 17.6 Å². The number of fused-ring (bicyclic) bond motifs is 2. The predicted octanol–water partition coefficient (Wildman–Crippen LogP) is 4.77. The van der Waals surface area contributed by atoms with Crippen LogP contribution >= 0.6 is 11.3 Å². The number of imidazole rings is 1. The maximum atomic E-state index is 13.5. The van der Waals surface area contributed by atoms with Crippen molar-refractivity contribution in [2.24, 2.45) is 0 Å². The number of rotatable bonds is 4. The van der Waals surface area contributed by atoms with Gasteiger partial charge in [0, 0.05) is 0 Å². The molecule has 0 atom stereocenters. The zero-order valence-electron chi connectivity index (χ0n) is 15.3. The Kier molecular flexibility index (Phi) is 4.35. The van der Waals surface area contributed by atoms with Crippen LogP contribution in [-0.2, 0) is 12.7 Å². The van der Waals surface area contributed by atoms with E-state index in [1.165, 1.54) is 15.9 Å². The monoisotopic (exact) mass is 426 g/mol. The van der Waals surface area contributed by atoms with E-state index < -0.39 is 12.0 Å². The van der Waals surface area contributed by atoms with E-state index in [9.17, 15) is 13.2 Å². The number of alkyl halides is 3. The summed E-state index contributed by atoms with van der Waals surface area (Å²) < 4.78 is 43.2. The molecule has 0 N–H and O–H groups in total. The van der Waals surface area contributed by atoms with Gasteiger partial charge in [0.25, 0.3) is 0 Å². The molecule has 0 unspecified atom stereocenters. The smallest absolute Gasteiger partial charge is 0.313 e. The number of halogens is 3. The lowest BCUT2D eigenvalue weighted by atomic mass is 10.2. The molecule has 0 spiro atoms. The molecule has 3 aromatic heterocycles. The summed E-state index contributed by atoms with van der Waals surface area (Å²) in [5.41, 5.74) is 1.67. The van der Waals surface area contributed by atoms with Gasteiger partial charge in [-0.3, -0.25) is 0 Å². The molecule has 0 radical (unpaired) electrons. The van der Waals surface area contributed by atoms with E-state index in [2.05, 4.69) is 20.3 Å². The first-order chi connectivity index (χ1) is 14.5. The molecule has 0 saturated heterocycles. The summed E-state index contributed by atoms with van der Waals surface area (Å²) in [5, 5.41) is 13.2. The van der Waals surface area contributed by atoms with Crippen molar-refractivity contribution in [3.05, 3.63) is 76.8 Å². The Balaban J connectivity index is 1.52. The van der Waals surface area contributed by atoms with E-state index in [0.717, 1.165) is 10.1 Å². The second-order valence-corrected chi connectivity index (χ2v) is 7.49. The minimum absolute atomic E-state index is 0.151. The molecule has 0 bridgehead atoms. The van der Waals surface area contributed by atoms with Crippen LogP contribution in [0, 0.1) is 0 Å². The van der Waals surface area contributed by atoms with Gasteiger partial charge in [0.15, 0.2) is 5.82 Å². The molecule has 5 rings (SSSR count). The van der Waals surface area contributed by atoms with Crippen LogP contribution < -0.4 is 0 Å². The summed E-state index contributed by atoms with van der Waals surface area (Å²) in [6.07, 6.45) is -0.836. The van der Waals surface area contributed by atoms with Crippen LogP contribution in [0.25, 0.3) is 28.1 Å². The fourth-order valence-corrected chi connectivity index (χ4v) is 3.92. The molecule has 0 fully saturated rings. The quantitative estimate of drug-likeness (QED) is 0.415. The van der Waals surface area contributed by atoms with Crippen molar-refractivity contribution >= 4 is 39.5 Å². The number of hydrogen-bond donors (Lipinski definition) is 0. The first-order valence-corrected chi connectivity index (χ1v) is 9.77. The average Bonchev–Trinajstić information content (AvgIpc) is 3.41. The largest absolute Gasteiger partial charge is 0.449 e. The minimum atomic E-state index is -4.59. The lowest BCUT2D eigenvalue weighted by molar-refractivity contribution is -0.146. The van der Waals surface area contributed by atoms with Crippen LogP contribution in [-0.4, -0.2) is 29.4 Å². The van der Waals surface area contributed by atoms with Gasteiger partial charge in [-0.25, -0.2) is 4.98 Å². The van der Waals surface area contributed by atoms with Crippen molar-refractivity contribution in [1.29, 1.82) is 0 Å². The van der Waals surface area contributed by atoms with E-state index in [-0.39, 0.29) is 12.1 Å². The highest BCUT2D eigenvalue weighted by atomic mass is 32.1. The molecule has 30 heavy (non-hydrogen) atoms. The molecular formula is C20H13F3N6S. The van der Waals surface area contributed by atoms with Gasteiger partial charge in [-0.15, -0.1) is 10.2 Å². The molecule has 0 aliphatic heterocycles. The first kappa shape index (κ1) is 18.5. The zero-order valence-corrected chi connectivity index (χ0v) is 16.1. The standard InChI is InChI=1S/C20H13F3N6S/c21-20(22,23)18-24-14-8-4-5-9-15(14)28(18)12-16-25-26-19-29(16)27-17(30-19)11-10-13-6-2-1-3-7-13/h1-11H,12H2.